The highest BCUT2D eigenvalue weighted by Crippen LogP contribution is 2.36. The van der Waals surface area contributed by atoms with Crippen LogP contribution in [0.1, 0.15) is 87.8 Å². The first-order chi connectivity index (χ1) is 12.8. The summed E-state index contributed by atoms with van der Waals surface area (Å²) in [6.07, 6.45) is 12.5. The Morgan fingerprint density at radius 2 is 1.73 bits per heavy atom. The molecule has 1 saturated heterocycles. The molecule has 1 unspecified atom stereocenters. The Morgan fingerprint density at radius 3 is 2.46 bits per heavy atom. The second kappa shape index (κ2) is 8.07. The topological polar surface area (TPSA) is 60.2 Å². The van der Waals surface area contributed by atoms with Gasteiger partial charge in [0, 0.05) is 38.5 Å². The lowest BCUT2D eigenvalue weighted by molar-refractivity contribution is -0.129. The molecule has 3 fully saturated rings. The summed E-state index contributed by atoms with van der Waals surface area (Å²) in [5.74, 6) is 2.45. The zero-order valence-electron chi connectivity index (χ0n) is 16.0. The van der Waals surface area contributed by atoms with Crippen LogP contribution in [-0.4, -0.2) is 51.9 Å². The number of hydrogen-bond acceptors (Lipinski definition) is 4. The van der Waals surface area contributed by atoms with Crippen LogP contribution >= 0.6 is 0 Å². The van der Waals surface area contributed by atoms with Crippen LogP contribution in [0.5, 0.6) is 0 Å². The highest BCUT2D eigenvalue weighted by molar-refractivity contribution is 5.80. The second-order valence-electron chi connectivity index (χ2n) is 8.25. The summed E-state index contributed by atoms with van der Waals surface area (Å²) in [7, 11) is 1.72. The Morgan fingerprint density at radius 1 is 1.04 bits per heavy atom. The van der Waals surface area contributed by atoms with Crippen LogP contribution in [0.2, 0.25) is 0 Å². The minimum atomic E-state index is 0.203. The van der Waals surface area contributed by atoms with Crippen molar-refractivity contribution < 1.29 is 9.53 Å². The van der Waals surface area contributed by atoms with Crippen LogP contribution in [0.3, 0.4) is 0 Å². The molecule has 6 heteroatoms. The molecule has 1 aromatic heterocycles. The Bertz CT molecular complexity index is 617. The summed E-state index contributed by atoms with van der Waals surface area (Å²) in [6.45, 7) is 1.48. The van der Waals surface area contributed by atoms with Crippen molar-refractivity contribution in [2.24, 2.45) is 0 Å². The highest BCUT2D eigenvalue weighted by Gasteiger charge is 2.39. The maximum absolute atomic E-state index is 12.7. The van der Waals surface area contributed by atoms with Gasteiger partial charge in [-0.05, 0) is 25.7 Å². The van der Waals surface area contributed by atoms with Gasteiger partial charge in [-0.2, -0.15) is 5.10 Å². The predicted octanol–water partition coefficient (Wildman–Crippen LogP) is 3.23. The van der Waals surface area contributed by atoms with Crippen LogP contribution in [0.25, 0.3) is 0 Å². The molecule has 1 aromatic rings. The molecule has 0 N–H and O–H groups in total. The minimum absolute atomic E-state index is 0.203. The average Bonchev–Trinajstić information content (AvgIpc) is 3.40. The smallest absolute Gasteiger partial charge is 0.223 e. The summed E-state index contributed by atoms with van der Waals surface area (Å²) in [6, 6.07) is 0.921. The third-order valence-electron chi connectivity index (χ3n) is 6.44. The molecule has 1 aliphatic heterocycles. The third kappa shape index (κ3) is 3.66. The van der Waals surface area contributed by atoms with E-state index in [1.807, 2.05) is 0 Å². The van der Waals surface area contributed by atoms with Crippen molar-refractivity contribution in [2.45, 2.75) is 88.6 Å². The summed E-state index contributed by atoms with van der Waals surface area (Å²) in [5, 5.41) is 4.86. The van der Waals surface area contributed by atoms with Crippen molar-refractivity contribution in [1.29, 1.82) is 0 Å². The van der Waals surface area contributed by atoms with E-state index in [1.165, 1.54) is 57.8 Å². The van der Waals surface area contributed by atoms with E-state index in [9.17, 15) is 4.79 Å². The number of aromatic nitrogens is 3. The van der Waals surface area contributed by atoms with E-state index < -0.39 is 0 Å². The quantitative estimate of drug-likeness (QED) is 0.781. The number of hydrogen-bond donors (Lipinski definition) is 0. The molecule has 1 atom stereocenters. The first-order valence-corrected chi connectivity index (χ1v) is 10.5. The lowest BCUT2D eigenvalue weighted by Gasteiger charge is -2.26. The first-order valence-electron chi connectivity index (χ1n) is 10.5. The fraction of sp³-hybridized carbons (Fsp3) is 0.850. The van der Waals surface area contributed by atoms with Gasteiger partial charge in [-0.15, -0.1) is 0 Å². The monoisotopic (exact) mass is 360 g/mol. The fourth-order valence-electron chi connectivity index (χ4n) is 5.03. The van der Waals surface area contributed by atoms with E-state index in [-0.39, 0.29) is 5.92 Å². The molecule has 6 nitrogen and oxygen atoms in total. The minimum Gasteiger partial charge on any atom is -0.384 e. The van der Waals surface area contributed by atoms with Crippen molar-refractivity contribution >= 4 is 5.91 Å². The maximum Gasteiger partial charge on any atom is 0.223 e. The molecule has 2 aliphatic carbocycles. The molecule has 144 valence electrons. The number of rotatable bonds is 6. The summed E-state index contributed by atoms with van der Waals surface area (Å²) in [4.78, 5) is 19.7. The van der Waals surface area contributed by atoms with Gasteiger partial charge in [-0.25, -0.2) is 9.67 Å². The molecule has 0 bridgehead atoms. The largest absolute Gasteiger partial charge is 0.384 e. The van der Waals surface area contributed by atoms with Gasteiger partial charge in [0.1, 0.15) is 5.82 Å². The number of amides is 1. The molecule has 0 radical (unpaired) electrons. The van der Waals surface area contributed by atoms with Crippen LogP contribution < -0.4 is 0 Å². The predicted molar refractivity (Wildman–Crippen MR) is 99.1 cm³/mol. The average molecular weight is 361 g/mol. The number of carbonyl (C=O) groups excluding carboxylic acids is 1. The van der Waals surface area contributed by atoms with Crippen molar-refractivity contribution in [3.8, 4) is 0 Å². The Balaban J connectivity index is 1.55. The number of likely N-dealkylation sites (tertiary alicyclic amines) is 1. The maximum atomic E-state index is 12.7. The van der Waals surface area contributed by atoms with Gasteiger partial charge in [0.15, 0.2) is 5.82 Å². The molecule has 0 aromatic carbocycles. The lowest BCUT2D eigenvalue weighted by Crippen LogP contribution is -2.34. The summed E-state index contributed by atoms with van der Waals surface area (Å²) >= 11 is 0. The van der Waals surface area contributed by atoms with Gasteiger partial charge in [0.05, 0.1) is 12.6 Å². The van der Waals surface area contributed by atoms with Crippen molar-refractivity contribution in [3.63, 3.8) is 0 Å². The number of ether oxygens (including phenoxy) is 1. The highest BCUT2D eigenvalue weighted by atomic mass is 16.5. The van der Waals surface area contributed by atoms with E-state index in [1.54, 1.807) is 7.11 Å². The zero-order chi connectivity index (χ0) is 17.9. The van der Waals surface area contributed by atoms with Gasteiger partial charge in [-0.1, -0.05) is 32.1 Å². The molecule has 0 spiro atoms. The fourth-order valence-corrected chi connectivity index (χ4v) is 5.03. The van der Waals surface area contributed by atoms with Gasteiger partial charge < -0.3 is 9.64 Å². The second-order valence-corrected chi connectivity index (χ2v) is 8.25. The van der Waals surface area contributed by atoms with Crippen molar-refractivity contribution in [2.75, 3.05) is 20.3 Å². The van der Waals surface area contributed by atoms with Crippen molar-refractivity contribution in [1.82, 2.24) is 19.7 Å². The Hall–Kier alpha value is -1.43. The lowest BCUT2D eigenvalue weighted by atomic mass is 9.95. The van der Waals surface area contributed by atoms with Crippen LogP contribution in [0.4, 0.5) is 0 Å². The van der Waals surface area contributed by atoms with Gasteiger partial charge >= 0.3 is 0 Å². The van der Waals surface area contributed by atoms with E-state index in [2.05, 4.69) is 9.58 Å². The molecular formula is C20H32N4O2. The van der Waals surface area contributed by atoms with Gasteiger partial charge in [0.2, 0.25) is 5.91 Å². The van der Waals surface area contributed by atoms with E-state index in [0.29, 0.717) is 31.0 Å². The molecular weight excluding hydrogens is 328 g/mol. The SMILES string of the molecule is COCCc1nc(C2CC(=O)N(C3CCCC3)C2)n(C2CCCCC2)n1. The first kappa shape index (κ1) is 18.0. The number of carbonyl (C=O) groups is 1. The molecule has 4 rings (SSSR count). The van der Waals surface area contributed by atoms with Gasteiger partial charge in [0.25, 0.3) is 0 Å². The van der Waals surface area contributed by atoms with E-state index in [4.69, 9.17) is 14.8 Å². The summed E-state index contributed by atoms with van der Waals surface area (Å²) in [5.41, 5.74) is 0. The molecule has 2 heterocycles. The molecule has 2 saturated carbocycles. The van der Waals surface area contributed by atoms with Crippen LogP contribution in [-0.2, 0) is 16.0 Å². The number of nitrogens with zero attached hydrogens (tertiary/aromatic N) is 4. The zero-order valence-corrected chi connectivity index (χ0v) is 16.0. The van der Waals surface area contributed by atoms with Gasteiger partial charge in [-0.3, -0.25) is 4.79 Å². The normalized spacial score (nSPS) is 25.5. The van der Waals surface area contributed by atoms with Crippen LogP contribution in [0.15, 0.2) is 0 Å². The van der Waals surface area contributed by atoms with E-state index >= 15 is 0 Å². The standard InChI is InChI=1S/C20H32N4O2/c1-26-12-11-18-21-20(24(22-18)17-9-3-2-4-10-17)15-13-19(25)23(14-15)16-7-5-6-8-16/h15-17H,2-14H2,1H3. The Labute approximate surface area is 156 Å². The third-order valence-corrected chi connectivity index (χ3v) is 6.44. The van der Waals surface area contributed by atoms with Crippen molar-refractivity contribution in [3.05, 3.63) is 11.6 Å². The molecule has 3 aliphatic rings. The number of methoxy groups -OCH3 is 1. The van der Waals surface area contributed by atoms with E-state index in [0.717, 1.165) is 24.6 Å². The Kier molecular flexibility index (Phi) is 5.57. The summed E-state index contributed by atoms with van der Waals surface area (Å²) < 4.78 is 7.41. The van der Waals surface area contributed by atoms with Crippen LogP contribution in [0, 0.1) is 0 Å². The molecule has 1 amide bonds. The molecule has 26 heavy (non-hydrogen) atoms.